The van der Waals surface area contributed by atoms with Gasteiger partial charge in [0.05, 0.1) is 23.9 Å². The Morgan fingerprint density at radius 3 is 2.91 bits per heavy atom. The smallest absolute Gasteiger partial charge is 0.261 e. The molecule has 2 aromatic carbocycles. The van der Waals surface area contributed by atoms with Crippen molar-refractivity contribution < 1.29 is 15.0 Å². The van der Waals surface area contributed by atoms with Gasteiger partial charge >= 0.3 is 0 Å². The molecule has 2 aliphatic heterocycles. The number of fused-ring (bicyclic) bond motifs is 4. The van der Waals surface area contributed by atoms with Crippen molar-refractivity contribution >= 4 is 23.5 Å². The number of carbonyl (C=O) groups excluding carboxylic acids is 1. The van der Waals surface area contributed by atoms with Crippen molar-refractivity contribution in [2.45, 2.75) is 19.1 Å². The number of amides is 1. The van der Waals surface area contributed by atoms with E-state index in [4.69, 9.17) is 0 Å². The number of aromatic hydroxyl groups is 1. The molecular weight excluding hydrogens is 280 g/mol. The molecule has 2 aromatic rings. The first-order chi connectivity index (χ1) is 10.7. The highest BCUT2D eigenvalue weighted by Gasteiger charge is 2.36. The predicted octanol–water partition coefficient (Wildman–Crippen LogP) is 2.17. The number of aliphatic hydroxyl groups is 1. The van der Waals surface area contributed by atoms with Gasteiger partial charge in [-0.15, -0.1) is 0 Å². The minimum Gasteiger partial charge on any atom is -0.508 e. The van der Waals surface area contributed by atoms with Crippen molar-refractivity contribution in [2.75, 3.05) is 4.90 Å². The zero-order valence-corrected chi connectivity index (χ0v) is 11.7. The third-order valence-corrected chi connectivity index (χ3v) is 4.21. The summed E-state index contributed by atoms with van der Waals surface area (Å²) in [6.45, 7) is -0.323. The number of nitrogens with zero attached hydrogens (tertiary/aromatic N) is 2. The number of aliphatic imine (C=N–C) groups is 1. The summed E-state index contributed by atoms with van der Waals surface area (Å²) in [5.41, 5.74) is 3.18. The van der Waals surface area contributed by atoms with E-state index >= 15 is 0 Å². The molecular formula is C17H14N2O3. The molecule has 0 fully saturated rings. The van der Waals surface area contributed by atoms with Gasteiger partial charge in [0.15, 0.2) is 0 Å². The number of rotatable bonds is 1. The lowest BCUT2D eigenvalue weighted by molar-refractivity contribution is 0.0987. The second-order valence-corrected chi connectivity index (χ2v) is 5.51. The van der Waals surface area contributed by atoms with Crippen molar-refractivity contribution in [3.63, 3.8) is 0 Å². The van der Waals surface area contributed by atoms with E-state index in [0.717, 1.165) is 17.7 Å². The van der Waals surface area contributed by atoms with Gasteiger partial charge in [-0.1, -0.05) is 18.2 Å². The Hall–Kier alpha value is -2.66. The zero-order chi connectivity index (χ0) is 15.3. The quantitative estimate of drug-likeness (QED) is 0.846. The average molecular weight is 294 g/mol. The van der Waals surface area contributed by atoms with Gasteiger partial charge in [-0.2, -0.15) is 0 Å². The number of phenols is 1. The van der Waals surface area contributed by atoms with Gasteiger partial charge in [-0.25, -0.2) is 0 Å². The molecule has 2 heterocycles. The van der Waals surface area contributed by atoms with Crippen LogP contribution >= 0.6 is 0 Å². The average Bonchev–Trinajstić information content (AvgIpc) is 2.84. The first kappa shape index (κ1) is 13.0. The standard InChI is InChI=1S/C17H14N2O3/c20-9-11-6-13-14(7-16(11)21)18-8-12-5-10-3-1-2-4-15(10)19(12)17(13)22/h1-4,6-8,12,20-21H,5,9H2/t12-/m0/s1. The van der Waals surface area contributed by atoms with Gasteiger partial charge in [0, 0.05) is 30.0 Å². The molecule has 0 aromatic heterocycles. The van der Waals surface area contributed by atoms with E-state index in [0.29, 0.717) is 16.8 Å². The fraction of sp³-hybridized carbons (Fsp3) is 0.176. The summed E-state index contributed by atoms with van der Waals surface area (Å²) < 4.78 is 0. The summed E-state index contributed by atoms with van der Waals surface area (Å²) in [5, 5.41) is 19.1. The lowest BCUT2D eigenvalue weighted by Gasteiger charge is -2.21. The van der Waals surface area contributed by atoms with E-state index in [1.807, 2.05) is 24.3 Å². The molecule has 22 heavy (non-hydrogen) atoms. The van der Waals surface area contributed by atoms with Gasteiger partial charge in [0.25, 0.3) is 5.91 Å². The number of hydrogen-bond donors (Lipinski definition) is 2. The molecule has 2 aliphatic rings. The molecule has 1 atom stereocenters. The Kier molecular flexibility index (Phi) is 2.77. The maximum atomic E-state index is 12.9. The van der Waals surface area contributed by atoms with Crippen LogP contribution in [0.15, 0.2) is 41.4 Å². The summed E-state index contributed by atoms with van der Waals surface area (Å²) in [7, 11) is 0. The molecule has 4 rings (SSSR count). The maximum Gasteiger partial charge on any atom is 0.261 e. The van der Waals surface area contributed by atoms with Crippen LogP contribution < -0.4 is 4.90 Å². The lowest BCUT2D eigenvalue weighted by atomic mass is 10.1. The fourth-order valence-corrected chi connectivity index (χ4v) is 3.12. The van der Waals surface area contributed by atoms with Crippen LogP contribution in [0.25, 0.3) is 0 Å². The zero-order valence-electron chi connectivity index (χ0n) is 11.7. The van der Waals surface area contributed by atoms with Gasteiger partial charge in [0.1, 0.15) is 5.75 Å². The van der Waals surface area contributed by atoms with Crippen molar-refractivity contribution in [2.24, 2.45) is 4.99 Å². The minimum absolute atomic E-state index is 0.0475. The van der Waals surface area contributed by atoms with E-state index in [1.54, 1.807) is 11.1 Å². The molecule has 0 bridgehead atoms. The van der Waals surface area contributed by atoms with Crippen molar-refractivity contribution in [1.29, 1.82) is 0 Å². The molecule has 2 N–H and O–H groups in total. The van der Waals surface area contributed by atoms with Crippen LogP contribution in [0.4, 0.5) is 11.4 Å². The van der Waals surface area contributed by atoms with Crippen LogP contribution in [0.2, 0.25) is 0 Å². The number of benzene rings is 2. The molecule has 0 spiro atoms. The van der Waals surface area contributed by atoms with Crippen LogP contribution in [0.5, 0.6) is 5.75 Å². The first-order valence-corrected chi connectivity index (χ1v) is 7.11. The van der Waals surface area contributed by atoms with Crippen LogP contribution in [0.1, 0.15) is 21.5 Å². The molecule has 0 saturated carbocycles. The molecule has 0 saturated heterocycles. The Labute approximate surface area is 127 Å². The second kappa shape index (κ2) is 4.68. The summed E-state index contributed by atoms with van der Waals surface area (Å²) in [4.78, 5) is 19.1. The monoisotopic (exact) mass is 294 g/mol. The highest BCUT2D eigenvalue weighted by molar-refractivity contribution is 6.14. The summed E-state index contributed by atoms with van der Waals surface area (Å²) >= 11 is 0. The molecule has 5 heteroatoms. The van der Waals surface area contributed by atoms with Crippen LogP contribution in [-0.4, -0.2) is 28.4 Å². The first-order valence-electron chi connectivity index (χ1n) is 7.11. The third kappa shape index (κ3) is 1.76. The normalized spacial score (nSPS) is 18.7. The minimum atomic E-state index is -0.323. The second-order valence-electron chi connectivity index (χ2n) is 5.51. The molecule has 0 radical (unpaired) electrons. The van der Waals surface area contributed by atoms with Gasteiger partial charge in [-0.3, -0.25) is 14.7 Å². The molecule has 110 valence electrons. The molecule has 1 amide bonds. The van der Waals surface area contributed by atoms with Crippen molar-refractivity contribution in [3.8, 4) is 5.75 Å². The topological polar surface area (TPSA) is 73.1 Å². The number of para-hydroxylation sites is 1. The number of anilines is 1. The fourth-order valence-electron chi connectivity index (χ4n) is 3.12. The molecule has 0 aliphatic carbocycles. The number of aliphatic hydroxyl groups excluding tert-OH is 1. The Balaban J connectivity index is 1.88. The molecule has 5 nitrogen and oxygen atoms in total. The van der Waals surface area contributed by atoms with E-state index in [9.17, 15) is 15.0 Å². The van der Waals surface area contributed by atoms with Crippen LogP contribution in [-0.2, 0) is 13.0 Å². The van der Waals surface area contributed by atoms with E-state index < -0.39 is 0 Å². The Morgan fingerprint density at radius 1 is 1.27 bits per heavy atom. The van der Waals surface area contributed by atoms with Crippen LogP contribution in [0.3, 0.4) is 0 Å². The summed E-state index contributed by atoms with van der Waals surface area (Å²) in [6, 6.07) is 10.7. The van der Waals surface area contributed by atoms with Crippen molar-refractivity contribution in [3.05, 3.63) is 53.1 Å². The van der Waals surface area contributed by atoms with E-state index in [-0.39, 0.29) is 24.3 Å². The number of carbonyl (C=O) groups is 1. The van der Waals surface area contributed by atoms with Gasteiger partial charge < -0.3 is 10.2 Å². The highest BCUT2D eigenvalue weighted by Crippen LogP contribution is 2.38. The van der Waals surface area contributed by atoms with Gasteiger partial charge in [0.2, 0.25) is 0 Å². The Morgan fingerprint density at radius 2 is 2.09 bits per heavy atom. The third-order valence-electron chi connectivity index (χ3n) is 4.21. The van der Waals surface area contributed by atoms with Gasteiger partial charge in [-0.05, 0) is 17.7 Å². The highest BCUT2D eigenvalue weighted by atomic mass is 16.3. The Bertz CT molecular complexity index is 814. The summed E-state index contributed by atoms with van der Waals surface area (Å²) in [5.74, 6) is -0.203. The SMILES string of the molecule is O=C1c2cc(CO)c(O)cc2N=C[C@@H]2Cc3ccccc3N12. The lowest BCUT2D eigenvalue weighted by Crippen LogP contribution is -2.37. The largest absolute Gasteiger partial charge is 0.508 e. The van der Waals surface area contributed by atoms with E-state index in [1.165, 1.54) is 12.1 Å². The maximum absolute atomic E-state index is 12.9. The predicted molar refractivity (Wildman–Crippen MR) is 82.9 cm³/mol. The van der Waals surface area contributed by atoms with Crippen molar-refractivity contribution in [1.82, 2.24) is 0 Å². The van der Waals surface area contributed by atoms with E-state index in [2.05, 4.69) is 4.99 Å². The molecule has 0 unspecified atom stereocenters. The van der Waals surface area contributed by atoms with Crippen LogP contribution in [0, 0.1) is 0 Å². The number of hydrogen-bond acceptors (Lipinski definition) is 4. The summed E-state index contributed by atoms with van der Waals surface area (Å²) in [6.07, 6.45) is 2.49.